The van der Waals surface area contributed by atoms with Crippen molar-refractivity contribution in [2.45, 2.75) is 38.9 Å². The summed E-state index contributed by atoms with van der Waals surface area (Å²) in [5.74, 6) is 1.09. The van der Waals surface area contributed by atoms with Crippen molar-refractivity contribution in [3.05, 3.63) is 0 Å². The van der Waals surface area contributed by atoms with Crippen LogP contribution in [0.15, 0.2) is 0 Å². The third-order valence-corrected chi connectivity index (χ3v) is 8.38. The highest BCUT2D eigenvalue weighted by atomic mass is 32.2. The van der Waals surface area contributed by atoms with Crippen molar-refractivity contribution in [3.8, 4) is 0 Å². The Bertz CT molecular complexity index is 224. The van der Waals surface area contributed by atoms with Crippen LogP contribution in [-0.2, 0) is 14.0 Å². The van der Waals surface area contributed by atoms with Crippen molar-refractivity contribution in [3.63, 3.8) is 0 Å². The highest BCUT2D eigenvalue weighted by Gasteiger charge is 2.36. The van der Waals surface area contributed by atoms with Crippen LogP contribution in [0.1, 0.15) is 20.8 Å². The van der Waals surface area contributed by atoms with Crippen LogP contribution in [0.5, 0.6) is 0 Å². The van der Waals surface area contributed by atoms with Crippen LogP contribution in [-0.4, -0.2) is 39.5 Å². The van der Waals surface area contributed by atoms with E-state index >= 15 is 0 Å². The molecule has 0 radical (unpaired) electrons. The predicted molar refractivity (Wildman–Crippen MR) is 72.5 cm³/mol. The molecule has 3 nitrogen and oxygen atoms in total. The third-order valence-electron chi connectivity index (χ3n) is 2.94. The smallest absolute Gasteiger partial charge is 0.315 e. The Kier molecular flexibility index (Phi) is 6.66. The lowest BCUT2D eigenvalue weighted by Crippen LogP contribution is -2.41. The molecule has 0 bridgehead atoms. The van der Waals surface area contributed by atoms with E-state index in [4.69, 9.17) is 4.43 Å². The molecule has 0 atom stereocenters. The van der Waals surface area contributed by atoms with Gasteiger partial charge in [-0.2, -0.15) is 0 Å². The van der Waals surface area contributed by atoms with Gasteiger partial charge in [-0.05, 0) is 18.1 Å². The van der Waals surface area contributed by atoms with Crippen molar-refractivity contribution >= 4 is 26.0 Å². The predicted octanol–water partition coefficient (Wildman–Crippen LogP) is 2.91. The van der Waals surface area contributed by atoms with Crippen LogP contribution in [0.3, 0.4) is 0 Å². The van der Waals surface area contributed by atoms with Gasteiger partial charge in [0.05, 0.1) is 12.9 Å². The second-order valence-electron chi connectivity index (χ2n) is 5.24. The Labute approximate surface area is 104 Å². The average Bonchev–Trinajstić information content (AvgIpc) is 2.15. The number of rotatable bonds is 6. The van der Waals surface area contributed by atoms with Gasteiger partial charge in [-0.1, -0.05) is 20.8 Å². The molecule has 0 rings (SSSR count). The van der Waals surface area contributed by atoms with Gasteiger partial charge in [0, 0.05) is 12.4 Å². The molecular formula is C11H24O3SSi. The lowest BCUT2D eigenvalue weighted by Gasteiger charge is -2.36. The van der Waals surface area contributed by atoms with Gasteiger partial charge in [0.2, 0.25) is 0 Å². The van der Waals surface area contributed by atoms with Crippen LogP contribution in [0, 0.1) is 0 Å². The topological polar surface area (TPSA) is 35.5 Å². The summed E-state index contributed by atoms with van der Waals surface area (Å²) < 4.78 is 10.5. The van der Waals surface area contributed by atoms with Crippen molar-refractivity contribution in [1.29, 1.82) is 0 Å². The first kappa shape index (κ1) is 16.0. The number of methoxy groups -OCH3 is 1. The molecule has 0 aromatic rings. The summed E-state index contributed by atoms with van der Waals surface area (Å²) in [6.45, 7) is 11.9. The number of carbonyl (C=O) groups is 1. The highest BCUT2D eigenvalue weighted by Crippen LogP contribution is 2.36. The zero-order chi connectivity index (χ0) is 12.8. The summed E-state index contributed by atoms with van der Waals surface area (Å²) in [7, 11) is -0.208. The van der Waals surface area contributed by atoms with E-state index in [9.17, 15) is 4.79 Å². The number of thioether (sulfide) groups is 1. The van der Waals surface area contributed by atoms with E-state index in [1.807, 2.05) is 0 Å². The number of hydrogen-bond donors (Lipinski definition) is 0. The minimum Gasteiger partial charge on any atom is -0.468 e. The molecule has 0 aromatic carbocycles. The molecule has 0 aliphatic rings. The van der Waals surface area contributed by atoms with Gasteiger partial charge in [0.25, 0.3) is 0 Å². The number of ether oxygens (including phenoxy) is 1. The minimum absolute atomic E-state index is 0.169. The first-order chi connectivity index (χ1) is 7.20. The van der Waals surface area contributed by atoms with E-state index in [2.05, 4.69) is 38.6 Å². The lowest BCUT2D eigenvalue weighted by molar-refractivity contribution is -0.137. The Morgan fingerprint density at radius 3 is 2.31 bits per heavy atom. The van der Waals surface area contributed by atoms with E-state index in [0.29, 0.717) is 5.75 Å². The SMILES string of the molecule is COC(=O)CSCCO[Si](C)(C)C(C)(C)C. The van der Waals surface area contributed by atoms with Gasteiger partial charge < -0.3 is 9.16 Å². The molecule has 0 saturated carbocycles. The molecule has 0 aliphatic heterocycles. The Morgan fingerprint density at radius 1 is 1.31 bits per heavy atom. The standard InChI is InChI=1S/C11H24O3SSi/c1-11(2,3)16(5,6)14-7-8-15-9-10(12)13-4/h7-9H2,1-6H3. The summed E-state index contributed by atoms with van der Waals surface area (Å²) in [4.78, 5) is 10.9. The minimum atomic E-state index is -1.62. The number of carbonyl (C=O) groups excluding carboxylic acids is 1. The van der Waals surface area contributed by atoms with Crippen molar-refractivity contribution in [2.75, 3.05) is 25.2 Å². The van der Waals surface area contributed by atoms with Crippen LogP contribution in [0.25, 0.3) is 0 Å². The van der Waals surface area contributed by atoms with E-state index in [1.165, 1.54) is 7.11 Å². The van der Waals surface area contributed by atoms with Gasteiger partial charge >= 0.3 is 5.97 Å². The van der Waals surface area contributed by atoms with Gasteiger partial charge in [-0.25, -0.2) is 0 Å². The molecule has 0 saturated heterocycles. The van der Waals surface area contributed by atoms with E-state index in [0.717, 1.165) is 12.4 Å². The summed E-state index contributed by atoms with van der Waals surface area (Å²) in [5.41, 5.74) is 0. The second kappa shape index (κ2) is 6.66. The average molecular weight is 264 g/mol. The summed E-state index contributed by atoms with van der Waals surface area (Å²) in [6.07, 6.45) is 0. The first-order valence-corrected chi connectivity index (χ1v) is 9.55. The van der Waals surface area contributed by atoms with Gasteiger partial charge in [-0.3, -0.25) is 4.79 Å². The van der Waals surface area contributed by atoms with Crippen molar-refractivity contribution in [2.24, 2.45) is 0 Å². The maximum absolute atomic E-state index is 10.9. The monoisotopic (exact) mass is 264 g/mol. The Hall–Kier alpha value is -0.00312. The summed E-state index contributed by atoms with van der Waals surface area (Å²) in [5, 5.41) is 0.250. The molecule has 0 aliphatic carbocycles. The fourth-order valence-electron chi connectivity index (χ4n) is 0.787. The van der Waals surface area contributed by atoms with Gasteiger partial charge in [0.15, 0.2) is 8.32 Å². The van der Waals surface area contributed by atoms with Crippen LogP contribution >= 0.6 is 11.8 Å². The normalized spacial score (nSPS) is 12.6. The van der Waals surface area contributed by atoms with Gasteiger partial charge in [-0.15, -0.1) is 11.8 Å². The van der Waals surface area contributed by atoms with Crippen LogP contribution in [0.2, 0.25) is 18.1 Å². The molecular weight excluding hydrogens is 240 g/mol. The maximum atomic E-state index is 10.9. The van der Waals surface area contributed by atoms with E-state index < -0.39 is 8.32 Å². The molecule has 16 heavy (non-hydrogen) atoms. The number of esters is 1. The second-order valence-corrected chi connectivity index (χ2v) is 11.2. The number of hydrogen-bond acceptors (Lipinski definition) is 4. The molecule has 0 N–H and O–H groups in total. The van der Waals surface area contributed by atoms with Crippen molar-refractivity contribution in [1.82, 2.24) is 0 Å². The zero-order valence-electron chi connectivity index (χ0n) is 11.3. The quantitative estimate of drug-likeness (QED) is 0.420. The molecule has 0 aromatic heterocycles. The van der Waals surface area contributed by atoms with Crippen LogP contribution < -0.4 is 0 Å². The largest absolute Gasteiger partial charge is 0.468 e. The van der Waals surface area contributed by atoms with E-state index in [1.54, 1.807) is 11.8 Å². The molecule has 0 amide bonds. The first-order valence-electron chi connectivity index (χ1n) is 5.49. The molecule has 0 unspecified atom stereocenters. The fourth-order valence-corrected chi connectivity index (χ4v) is 2.61. The lowest BCUT2D eigenvalue weighted by atomic mass is 10.2. The zero-order valence-corrected chi connectivity index (χ0v) is 13.1. The molecule has 0 heterocycles. The summed E-state index contributed by atoms with van der Waals surface area (Å²) >= 11 is 1.56. The van der Waals surface area contributed by atoms with Crippen molar-refractivity contribution < 1.29 is 14.0 Å². The Morgan fingerprint density at radius 2 is 1.88 bits per heavy atom. The molecule has 5 heteroatoms. The highest BCUT2D eigenvalue weighted by molar-refractivity contribution is 7.99. The maximum Gasteiger partial charge on any atom is 0.315 e. The van der Waals surface area contributed by atoms with E-state index in [-0.39, 0.29) is 11.0 Å². The third kappa shape index (κ3) is 5.91. The molecule has 0 spiro atoms. The van der Waals surface area contributed by atoms with Gasteiger partial charge in [0.1, 0.15) is 0 Å². The molecule has 96 valence electrons. The summed E-state index contributed by atoms with van der Waals surface area (Å²) in [6, 6.07) is 0. The molecule has 0 fully saturated rings. The van der Waals surface area contributed by atoms with Crippen LogP contribution in [0.4, 0.5) is 0 Å². The fraction of sp³-hybridized carbons (Fsp3) is 0.909. The Balaban J connectivity index is 3.71.